The highest BCUT2D eigenvalue weighted by Crippen LogP contribution is 2.40. The van der Waals surface area contributed by atoms with Crippen LogP contribution in [0.1, 0.15) is 53.3 Å². The van der Waals surface area contributed by atoms with Crippen molar-refractivity contribution in [1.82, 2.24) is 14.8 Å². The number of rotatable bonds is 11. The van der Waals surface area contributed by atoms with Gasteiger partial charge in [0.2, 0.25) is 11.1 Å². The van der Waals surface area contributed by atoms with Crippen molar-refractivity contribution >= 4 is 40.9 Å². The minimum absolute atomic E-state index is 0.234. The molecule has 246 valence electrons. The van der Waals surface area contributed by atoms with Crippen LogP contribution >= 0.6 is 23.4 Å². The number of aromatic nitrogens is 3. The molecular weight excluding hydrogens is 642 g/mol. The molecule has 10 heteroatoms. The molecule has 0 spiro atoms. The number of halogens is 1. The molecule has 6 rings (SSSR count). The molecule has 4 aromatic carbocycles. The van der Waals surface area contributed by atoms with E-state index in [0.29, 0.717) is 57.9 Å². The van der Waals surface area contributed by atoms with E-state index in [-0.39, 0.29) is 5.91 Å². The Morgan fingerprint density at radius 1 is 0.958 bits per heavy atom. The standard InChI is InChI=1S/C38H38ClN5O3S/c1-6-46-33-20-28(18-19-32(33)47-21-27-16-14-23(2)15-17-27)35-34(36(45)41-31-13-9-10-24(3)25(31)4)26(5)40-37-42-38(43-44(35)37)48-22-29-11-7-8-12-30(29)39/h7-20,35H,6,21-22H2,1-5H3,(H,41,45)(H,40,42,43). The van der Waals surface area contributed by atoms with Crippen molar-refractivity contribution in [2.45, 2.75) is 58.2 Å². The lowest BCUT2D eigenvalue weighted by molar-refractivity contribution is -0.113. The maximum atomic E-state index is 14.2. The highest BCUT2D eigenvalue weighted by molar-refractivity contribution is 7.98. The van der Waals surface area contributed by atoms with Crippen molar-refractivity contribution in [1.29, 1.82) is 0 Å². The van der Waals surface area contributed by atoms with Gasteiger partial charge in [-0.15, -0.1) is 5.10 Å². The fraction of sp³-hybridized carbons (Fsp3) is 0.237. The molecule has 5 aromatic rings. The number of carbonyl (C=O) groups excluding carboxylic acids is 1. The van der Waals surface area contributed by atoms with Gasteiger partial charge in [-0.1, -0.05) is 89.6 Å². The van der Waals surface area contributed by atoms with Gasteiger partial charge in [-0.2, -0.15) is 4.98 Å². The second-order valence-electron chi connectivity index (χ2n) is 11.7. The molecule has 0 aliphatic carbocycles. The minimum Gasteiger partial charge on any atom is -0.490 e. The lowest BCUT2D eigenvalue weighted by atomic mass is 9.94. The molecule has 1 atom stereocenters. The number of nitrogens with one attached hydrogen (secondary N) is 2. The number of hydrogen-bond donors (Lipinski definition) is 2. The molecule has 0 bridgehead atoms. The fourth-order valence-electron chi connectivity index (χ4n) is 5.56. The van der Waals surface area contributed by atoms with E-state index in [9.17, 15) is 4.79 Å². The molecule has 48 heavy (non-hydrogen) atoms. The van der Waals surface area contributed by atoms with Crippen LogP contribution in [0.15, 0.2) is 101 Å². The summed E-state index contributed by atoms with van der Waals surface area (Å²) >= 11 is 7.91. The lowest BCUT2D eigenvalue weighted by Crippen LogP contribution is -2.31. The average Bonchev–Trinajstić information content (AvgIpc) is 3.48. The van der Waals surface area contributed by atoms with Gasteiger partial charge in [0.05, 0.1) is 12.2 Å². The highest BCUT2D eigenvalue weighted by Gasteiger charge is 2.35. The molecule has 1 amide bonds. The van der Waals surface area contributed by atoms with Crippen LogP contribution in [0.25, 0.3) is 0 Å². The molecule has 1 aliphatic heterocycles. The summed E-state index contributed by atoms with van der Waals surface area (Å²) < 4.78 is 14.1. The zero-order valence-electron chi connectivity index (χ0n) is 27.6. The lowest BCUT2D eigenvalue weighted by Gasteiger charge is -2.29. The van der Waals surface area contributed by atoms with Crippen LogP contribution in [0.2, 0.25) is 5.02 Å². The van der Waals surface area contributed by atoms with Crippen molar-refractivity contribution in [2.75, 3.05) is 17.2 Å². The normalized spacial score (nSPS) is 13.9. The quantitative estimate of drug-likeness (QED) is 0.135. The fourth-order valence-corrected chi connectivity index (χ4v) is 6.67. The van der Waals surface area contributed by atoms with Gasteiger partial charge in [0.1, 0.15) is 12.6 Å². The number of ether oxygens (including phenoxy) is 2. The molecule has 8 nitrogen and oxygen atoms in total. The first-order valence-electron chi connectivity index (χ1n) is 15.8. The molecule has 0 saturated carbocycles. The third-order valence-electron chi connectivity index (χ3n) is 8.34. The molecule has 1 aliphatic rings. The largest absolute Gasteiger partial charge is 0.490 e. The summed E-state index contributed by atoms with van der Waals surface area (Å²) in [6.45, 7) is 10.8. The number of hydrogen-bond acceptors (Lipinski definition) is 7. The van der Waals surface area contributed by atoms with E-state index in [0.717, 1.165) is 33.5 Å². The van der Waals surface area contributed by atoms with Gasteiger partial charge in [-0.05, 0) is 86.7 Å². The Kier molecular flexibility index (Phi) is 10.1. The first-order chi connectivity index (χ1) is 23.2. The Morgan fingerprint density at radius 2 is 1.75 bits per heavy atom. The number of fused-ring (bicyclic) bond motifs is 1. The van der Waals surface area contributed by atoms with Crippen molar-refractivity contribution in [3.8, 4) is 11.5 Å². The summed E-state index contributed by atoms with van der Waals surface area (Å²) in [7, 11) is 0. The summed E-state index contributed by atoms with van der Waals surface area (Å²) in [5, 5.41) is 12.7. The van der Waals surface area contributed by atoms with Crippen molar-refractivity contribution in [3.63, 3.8) is 0 Å². The number of carbonyl (C=O) groups is 1. The number of thioether (sulfide) groups is 1. The van der Waals surface area contributed by atoms with Crippen LogP contribution in [0.3, 0.4) is 0 Å². The van der Waals surface area contributed by atoms with E-state index in [1.807, 2.05) is 88.4 Å². The minimum atomic E-state index is -0.598. The van der Waals surface area contributed by atoms with E-state index in [4.69, 9.17) is 31.2 Å². The van der Waals surface area contributed by atoms with Crippen LogP contribution in [0.5, 0.6) is 11.5 Å². The number of anilines is 2. The van der Waals surface area contributed by atoms with E-state index in [1.165, 1.54) is 17.3 Å². The van der Waals surface area contributed by atoms with Crippen LogP contribution in [-0.2, 0) is 17.2 Å². The number of amides is 1. The molecule has 0 fully saturated rings. The van der Waals surface area contributed by atoms with Gasteiger partial charge in [-0.25, -0.2) is 4.68 Å². The third-order valence-corrected chi connectivity index (χ3v) is 9.60. The smallest absolute Gasteiger partial charge is 0.255 e. The SMILES string of the molecule is CCOc1cc(C2C(C(=O)Nc3cccc(C)c3C)=C(C)Nc3nc(SCc4ccccc4Cl)nn32)ccc1OCc1ccc(C)cc1. The molecule has 0 radical (unpaired) electrons. The maximum absolute atomic E-state index is 14.2. The first kappa shape index (κ1) is 33.2. The van der Waals surface area contributed by atoms with E-state index >= 15 is 0 Å². The topological polar surface area (TPSA) is 90.3 Å². The van der Waals surface area contributed by atoms with Gasteiger partial charge < -0.3 is 20.1 Å². The van der Waals surface area contributed by atoms with Crippen molar-refractivity contribution in [2.24, 2.45) is 0 Å². The summed E-state index contributed by atoms with van der Waals surface area (Å²) in [6, 6.07) is 27.1. The van der Waals surface area contributed by atoms with Gasteiger partial charge in [-0.3, -0.25) is 4.79 Å². The zero-order chi connectivity index (χ0) is 33.8. The predicted molar refractivity (Wildman–Crippen MR) is 193 cm³/mol. The molecule has 1 aromatic heterocycles. The third kappa shape index (κ3) is 7.22. The van der Waals surface area contributed by atoms with Gasteiger partial charge in [0.15, 0.2) is 11.5 Å². The van der Waals surface area contributed by atoms with Crippen LogP contribution < -0.4 is 20.1 Å². The van der Waals surface area contributed by atoms with Crippen molar-refractivity contribution < 1.29 is 14.3 Å². The second kappa shape index (κ2) is 14.6. The van der Waals surface area contributed by atoms with Gasteiger partial charge >= 0.3 is 0 Å². The number of allylic oxidation sites excluding steroid dienone is 1. The Balaban J connectivity index is 1.37. The van der Waals surface area contributed by atoms with Crippen LogP contribution in [0, 0.1) is 20.8 Å². The summed E-state index contributed by atoms with van der Waals surface area (Å²) in [6.07, 6.45) is 0. The summed E-state index contributed by atoms with van der Waals surface area (Å²) in [4.78, 5) is 19.0. The average molecular weight is 680 g/mol. The van der Waals surface area contributed by atoms with E-state index < -0.39 is 6.04 Å². The molecule has 1 unspecified atom stereocenters. The molecule has 2 heterocycles. The second-order valence-corrected chi connectivity index (χ2v) is 13.1. The number of aryl methyl sites for hydroxylation is 2. The predicted octanol–water partition coefficient (Wildman–Crippen LogP) is 9.05. The summed E-state index contributed by atoms with van der Waals surface area (Å²) in [5.41, 5.74) is 8.12. The molecule has 2 N–H and O–H groups in total. The number of benzene rings is 4. The Bertz CT molecular complexity index is 1990. The summed E-state index contributed by atoms with van der Waals surface area (Å²) in [5.74, 6) is 2.11. The Labute approximate surface area is 290 Å². The number of nitrogens with zero attached hydrogens (tertiary/aromatic N) is 3. The maximum Gasteiger partial charge on any atom is 0.255 e. The van der Waals surface area contributed by atoms with Crippen molar-refractivity contribution in [3.05, 3.63) is 135 Å². The van der Waals surface area contributed by atoms with Crippen LogP contribution in [0.4, 0.5) is 11.6 Å². The van der Waals surface area contributed by atoms with E-state index in [2.05, 4.69) is 41.8 Å². The monoisotopic (exact) mass is 679 g/mol. The van der Waals surface area contributed by atoms with Gasteiger partial charge in [0, 0.05) is 22.2 Å². The Hall–Kier alpha value is -4.73. The van der Waals surface area contributed by atoms with Gasteiger partial charge in [0.25, 0.3) is 5.91 Å². The molecular formula is C38H38ClN5O3S. The van der Waals surface area contributed by atoms with Crippen LogP contribution in [-0.4, -0.2) is 27.3 Å². The first-order valence-corrected chi connectivity index (χ1v) is 17.2. The highest BCUT2D eigenvalue weighted by atomic mass is 35.5. The zero-order valence-corrected chi connectivity index (χ0v) is 29.2. The van der Waals surface area contributed by atoms with E-state index in [1.54, 1.807) is 4.68 Å². The molecule has 0 saturated heterocycles. The Morgan fingerprint density at radius 3 is 2.52 bits per heavy atom.